The van der Waals surface area contributed by atoms with E-state index in [-0.39, 0.29) is 17.9 Å². The Morgan fingerprint density at radius 3 is 3.05 bits per heavy atom. The van der Waals surface area contributed by atoms with E-state index < -0.39 is 0 Å². The second-order valence-electron chi connectivity index (χ2n) is 5.45. The van der Waals surface area contributed by atoms with Crippen LogP contribution in [0.25, 0.3) is 0 Å². The molecule has 1 aliphatic heterocycles. The third kappa shape index (κ3) is 3.96. The van der Waals surface area contributed by atoms with Gasteiger partial charge in [-0.15, -0.1) is 0 Å². The molecule has 22 heavy (non-hydrogen) atoms. The van der Waals surface area contributed by atoms with Crippen LogP contribution in [0.4, 0.5) is 0 Å². The Balaban J connectivity index is 1.98. The largest absolute Gasteiger partial charge is 0.496 e. The van der Waals surface area contributed by atoms with Gasteiger partial charge in [-0.05, 0) is 25.3 Å². The maximum atomic E-state index is 12.4. The van der Waals surface area contributed by atoms with Crippen LogP contribution in [0.1, 0.15) is 43.0 Å². The summed E-state index contributed by atoms with van der Waals surface area (Å²) < 4.78 is 5.18. The molecule has 0 saturated carbocycles. The lowest BCUT2D eigenvalue weighted by atomic mass is 10.1. The molecule has 2 rings (SSSR count). The number of carbonyl (C=O) groups is 2. The third-order valence-corrected chi connectivity index (χ3v) is 3.88. The van der Waals surface area contributed by atoms with Crippen molar-refractivity contribution in [2.45, 2.75) is 38.6 Å². The van der Waals surface area contributed by atoms with Gasteiger partial charge in [0.2, 0.25) is 5.91 Å². The summed E-state index contributed by atoms with van der Waals surface area (Å²) >= 11 is 0. The monoisotopic (exact) mass is 305 g/mol. The van der Waals surface area contributed by atoms with Crippen LogP contribution in [0.3, 0.4) is 0 Å². The van der Waals surface area contributed by atoms with Crippen molar-refractivity contribution in [1.82, 2.24) is 15.2 Å². The lowest BCUT2D eigenvalue weighted by Crippen LogP contribution is -2.36. The number of likely N-dealkylation sites (tertiary alicyclic amines) is 1. The van der Waals surface area contributed by atoms with Crippen molar-refractivity contribution in [2.75, 3.05) is 20.2 Å². The second-order valence-corrected chi connectivity index (χ2v) is 5.45. The van der Waals surface area contributed by atoms with Crippen LogP contribution in [0.5, 0.6) is 5.75 Å². The van der Waals surface area contributed by atoms with Crippen molar-refractivity contribution in [3.8, 4) is 5.75 Å². The van der Waals surface area contributed by atoms with Crippen LogP contribution < -0.4 is 10.1 Å². The number of amides is 2. The van der Waals surface area contributed by atoms with E-state index in [9.17, 15) is 9.59 Å². The van der Waals surface area contributed by atoms with Gasteiger partial charge in [0, 0.05) is 37.9 Å². The van der Waals surface area contributed by atoms with Gasteiger partial charge in [0.15, 0.2) is 0 Å². The lowest BCUT2D eigenvalue weighted by molar-refractivity contribution is -0.130. The Hall–Kier alpha value is -2.11. The summed E-state index contributed by atoms with van der Waals surface area (Å²) in [5, 5.41) is 3.00. The normalized spacial score (nSPS) is 18.7. The number of aromatic nitrogens is 1. The van der Waals surface area contributed by atoms with Gasteiger partial charge in [-0.2, -0.15) is 0 Å². The molecule has 1 atom stereocenters. The fourth-order valence-corrected chi connectivity index (χ4v) is 2.68. The average Bonchev–Trinajstić information content (AvgIpc) is 2.71. The van der Waals surface area contributed by atoms with Crippen LogP contribution in [-0.2, 0) is 4.79 Å². The highest BCUT2D eigenvalue weighted by Gasteiger charge is 2.24. The van der Waals surface area contributed by atoms with Crippen molar-refractivity contribution >= 4 is 11.8 Å². The molecule has 2 amide bonds. The Kier molecular flexibility index (Phi) is 5.75. The Morgan fingerprint density at radius 1 is 1.50 bits per heavy atom. The Labute approximate surface area is 130 Å². The van der Waals surface area contributed by atoms with E-state index >= 15 is 0 Å². The zero-order chi connectivity index (χ0) is 15.9. The smallest absolute Gasteiger partial charge is 0.256 e. The quantitative estimate of drug-likeness (QED) is 0.897. The lowest BCUT2D eigenvalue weighted by Gasteiger charge is -2.20. The van der Waals surface area contributed by atoms with Gasteiger partial charge in [0.25, 0.3) is 5.91 Å². The van der Waals surface area contributed by atoms with Crippen LogP contribution >= 0.6 is 0 Å². The van der Waals surface area contributed by atoms with Gasteiger partial charge < -0.3 is 15.0 Å². The van der Waals surface area contributed by atoms with Crippen LogP contribution in [0, 0.1) is 0 Å². The molecule has 1 saturated heterocycles. The van der Waals surface area contributed by atoms with E-state index in [4.69, 9.17) is 4.74 Å². The summed E-state index contributed by atoms with van der Waals surface area (Å²) in [6.07, 6.45) is 5.97. The molecule has 0 aliphatic carbocycles. The first-order valence-electron chi connectivity index (χ1n) is 7.72. The molecule has 1 unspecified atom stereocenters. The molecule has 0 radical (unpaired) electrons. The molecule has 6 heteroatoms. The molecule has 120 valence electrons. The first-order valence-corrected chi connectivity index (χ1v) is 7.72. The predicted molar refractivity (Wildman–Crippen MR) is 82.8 cm³/mol. The molecule has 2 heterocycles. The third-order valence-electron chi connectivity index (χ3n) is 3.88. The molecule has 0 aromatic carbocycles. The standard InChI is InChI=1S/C16H23N3O3/c1-3-9-19-10-7-12(4-5-15(19)20)18-16(21)13-11-17-8-6-14(13)22-2/h6,8,11-12H,3-5,7,9-10H2,1-2H3,(H,18,21). The number of methoxy groups -OCH3 is 1. The molecule has 1 fully saturated rings. The van der Waals surface area contributed by atoms with Crippen molar-refractivity contribution in [3.05, 3.63) is 24.0 Å². The molecular formula is C16H23N3O3. The maximum absolute atomic E-state index is 12.4. The summed E-state index contributed by atoms with van der Waals surface area (Å²) in [6, 6.07) is 1.66. The fraction of sp³-hybridized carbons (Fsp3) is 0.562. The SMILES string of the molecule is CCCN1CCC(NC(=O)c2cnccc2OC)CCC1=O. The van der Waals surface area contributed by atoms with Crippen molar-refractivity contribution in [2.24, 2.45) is 0 Å². The first-order chi connectivity index (χ1) is 10.7. The number of carbonyl (C=O) groups excluding carboxylic acids is 2. The number of nitrogens with zero attached hydrogens (tertiary/aromatic N) is 2. The van der Waals surface area contributed by atoms with Gasteiger partial charge in [-0.1, -0.05) is 6.92 Å². The topological polar surface area (TPSA) is 71.5 Å². The van der Waals surface area contributed by atoms with Crippen molar-refractivity contribution in [1.29, 1.82) is 0 Å². The van der Waals surface area contributed by atoms with Crippen molar-refractivity contribution in [3.63, 3.8) is 0 Å². The number of nitrogens with one attached hydrogen (secondary N) is 1. The number of rotatable bonds is 5. The minimum Gasteiger partial charge on any atom is -0.496 e. The zero-order valence-electron chi connectivity index (χ0n) is 13.2. The first kappa shape index (κ1) is 16.3. The fourth-order valence-electron chi connectivity index (χ4n) is 2.68. The molecule has 1 N–H and O–H groups in total. The minimum atomic E-state index is -0.202. The molecular weight excluding hydrogens is 282 g/mol. The highest BCUT2D eigenvalue weighted by atomic mass is 16.5. The summed E-state index contributed by atoms with van der Waals surface area (Å²) in [6.45, 7) is 3.55. The van der Waals surface area contributed by atoms with Crippen LogP contribution in [-0.4, -0.2) is 47.9 Å². The van der Waals surface area contributed by atoms with Gasteiger partial charge in [-0.3, -0.25) is 14.6 Å². The summed E-state index contributed by atoms with van der Waals surface area (Å²) in [5.41, 5.74) is 0.422. The van der Waals surface area contributed by atoms with Crippen LogP contribution in [0.2, 0.25) is 0 Å². The number of pyridine rings is 1. The Morgan fingerprint density at radius 2 is 2.32 bits per heavy atom. The van der Waals surface area contributed by atoms with E-state index in [1.807, 2.05) is 4.90 Å². The summed E-state index contributed by atoms with van der Waals surface area (Å²) in [5.74, 6) is 0.480. The van der Waals surface area contributed by atoms with E-state index in [0.29, 0.717) is 30.7 Å². The van der Waals surface area contributed by atoms with Gasteiger partial charge in [0.05, 0.1) is 12.7 Å². The molecule has 0 spiro atoms. The zero-order valence-corrected chi connectivity index (χ0v) is 13.2. The molecule has 6 nitrogen and oxygen atoms in total. The Bertz CT molecular complexity index is 533. The van der Waals surface area contributed by atoms with Gasteiger partial charge in [-0.25, -0.2) is 0 Å². The molecule has 0 bridgehead atoms. The van der Waals surface area contributed by atoms with Gasteiger partial charge >= 0.3 is 0 Å². The van der Waals surface area contributed by atoms with Crippen LogP contribution in [0.15, 0.2) is 18.5 Å². The van der Waals surface area contributed by atoms with E-state index in [0.717, 1.165) is 19.4 Å². The van der Waals surface area contributed by atoms with E-state index in [2.05, 4.69) is 17.2 Å². The second kappa shape index (κ2) is 7.77. The highest BCUT2D eigenvalue weighted by Crippen LogP contribution is 2.18. The highest BCUT2D eigenvalue weighted by molar-refractivity contribution is 5.96. The number of hydrogen-bond donors (Lipinski definition) is 1. The van der Waals surface area contributed by atoms with Crippen molar-refractivity contribution < 1.29 is 14.3 Å². The minimum absolute atomic E-state index is 0.00298. The maximum Gasteiger partial charge on any atom is 0.256 e. The molecule has 1 aromatic rings. The molecule has 1 aliphatic rings. The van der Waals surface area contributed by atoms with Gasteiger partial charge in [0.1, 0.15) is 5.75 Å². The summed E-state index contributed by atoms with van der Waals surface area (Å²) in [7, 11) is 1.53. The summed E-state index contributed by atoms with van der Waals surface area (Å²) in [4.78, 5) is 30.2. The number of hydrogen-bond acceptors (Lipinski definition) is 4. The average molecular weight is 305 g/mol. The van der Waals surface area contributed by atoms with E-state index in [1.54, 1.807) is 12.3 Å². The molecule has 1 aromatic heterocycles. The predicted octanol–water partition coefficient (Wildman–Crippen LogP) is 1.61. The number of ether oxygens (including phenoxy) is 1. The van der Waals surface area contributed by atoms with E-state index in [1.165, 1.54) is 13.3 Å².